The van der Waals surface area contributed by atoms with Crippen LogP contribution < -0.4 is 5.76 Å². The number of hydrogen-bond acceptors (Lipinski definition) is 8. The molecule has 0 aliphatic heterocycles. The normalized spacial score (nSPS) is 10.9. The van der Waals surface area contributed by atoms with Crippen molar-refractivity contribution in [3.8, 4) is 0 Å². The molecule has 0 unspecified atom stereocenters. The Hall–Kier alpha value is -3.01. The summed E-state index contributed by atoms with van der Waals surface area (Å²) in [5.41, 5.74) is 0.773. The lowest BCUT2D eigenvalue weighted by atomic mass is 10.3. The number of fused-ring (bicyclic) bond motifs is 1. The van der Waals surface area contributed by atoms with E-state index in [1.165, 1.54) is 23.5 Å². The first kappa shape index (κ1) is 16.8. The van der Waals surface area contributed by atoms with Gasteiger partial charge in [-0.15, -0.1) is 11.3 Å². The van der Waals surface area contributed by atoms with Gasteiger partial charge < -0.3 is 9.15 Å². The maximum atomic E-state index is 12.0. The standard InChI is InChI=1S/C15H13N3O6S/c1-2-13-16-9(8-25-13)7-23-14(19)6-17-11-4-3-10(18(21)22)5-12(11)24-15(17)20/h3-5,8H,2,6-7H2,1H3. The number of nitrogens with zero attached hydrogens (tertiary/aromatic N) is 3. The van der Waals surface area contributed by atoms with E-state index in [-0.39, 0.29) is 29.9 Å². The Morgan fingerprint density at radius 2 is 2.28 bits per heavy atom. The number of oxazole rings is 1. The Labute approximate surface area is 144 Å². The van der Waals surface area contributed by atoms with Crippen LogP contribution in [0, 0.1) is 10.1 Å². The van der Waals surface area contributed by atoms with Crippen LogP contribution in [0.25, 0.3) is 11.1 Å². The van der Waals surface area contributed by atoms with Crippen LogP contribution in [0.1, 0.15) is 17.6 Å². The number of benzene rings is 1. The van der Waals surface area contributed by atoms with Crippen LogP contribution in [-0.4, -0.2) is 20.4 Å². The molecule has 3 aromatic rings. The minimum absolute atomic E-state index is 0.0192. The van der Waals surface area contributed by atoms with E-state index in [1.54, 1.807) is 0 Å². The number of esters is 1. The van der Waals surface area contributed by atoms with Crippen LogP contribution >= 0.6 is 11.3 Å². The first-order valence-electron chi connectivity index (χ1n) is 7.34. The predicted octanol–water partition coefficient (Wildman–Crippen LogP) is 2.27. The van der Waals surface area contributed by atoms with Crippen molar-refractivity contribution in [2.75, 3.05) is 0 Å². The second-order valence-electron chi connectivity index (χ2n) is 5.11. The number of nitro groups is 1. The van der Waals surface area contributed by atoms with E-state index in [0.29, 0.717) is 5.69 Å². The molecule has 1 aromatic carbocycles. The number of nitro benzene ring substituents is 1. The molecule has 2 heterocycles. The Morgan fingerprint density at radius 1 is 1.48 bits per heavy atom. The summed E-state index contributed by atoms with van der Waals surface area (Å²) in [4.78, 5) is 38.3. The van der Waals surface area contributed by atoms with Gasteiger partial charge in [-0.05, 0) is 12.5 Å². The van der Waals surface area contributed by atoms with Crippen LogP contribution in [0.15, 0.2) is 32.8 Å². The highest BCUT2D eigenvalue weighted by Gasteiger charge is 2.17. The van der Waals surface area contributed by atoms with Crippen molar-refractivity contribution in [2.24, 2.45) is 0 Å². The Balaban J connectivity index is 1.73. The molecule has 0 saturated carbocycles. The monoisotopic (exact) mass is 363 g/mol. The molecule has 2 aromatic heterocycles. The van der Waals surface area contributed by atoms with Crippen molar-refractivity contribution < 1.29 is 18.9 Å². The van der Waals surface area contributed by atoms with E-state index >= 15 is 0 Å². The van der Waals surface area contributed by atoms with E-state index in [0.717, 1.165) is 22.1 Å². The Kier molecular flexibility index (Phi) is 4.61. The molecule has 130 valence electrons. The first-order valence-corrected chi connectivity index (χ1v) is 8.22. The lowest BCUT2D eigenvalue weighted by Crippen LogP contribution is -2.21. The highest BCUT2D eigenvalue weighted by molar-refractivity contribution is 7.09. The number of ether oxygens (including phenoxy) is 1. The van der Waals surface area contributed by atoms with Gasteiger partial charge in [0.15, 0.2) is 5.58 Å². The maximum absolute atomic E-state index is 12.0. The molecule has 0 fully saturated rings. The van der Waals surface area contributed by atoms with Gasteiger partial charge in [0.05, 0.1) is 27.2 Å². The summed E-state index contributed by atoms with van der Waals surface area (Å²) in [5, 5.41) is 13.5. The number of carbonyl (C=O) groups is 1. The molecule has 10 heteroatoms. The summed E-state index contributed by atoms with van der Waals surface area (Å²) >= 11 is 1.49. The third-order valence-electron chi connectivity index (χ3n) is 3.43. The minimum atomic E-state index is -0.783. The summed E-state index contributed by atoms with van der Waals surface area (Å²) in [7, 11) is 0. The number of hydrogen-bond donors (Lipinski definition) is 0. The van der Waals surface area contributed by atoms with Gasteiger partial charge in [-0.1, -0.05) is 6.92 Å². The van der Waals surface area contributed by atoms with Crippen molar-refractivity contribution in [2.45, 2.75) is 26.5 Å². The molecule has 9 nitrogen and oxygen atoms in total. The van der Waals surface area contributed by atoms with E-state index in [1.807, 2.05) is 12.3 Å². The Morgan fingerprint density at radius 3 is 2.96 bits per heavy atom. The summed E-state index contributed by atoms with van der Waals surface area (Å²) in [6.07, 6.45) is 0.807. The quantitative estimate of drug-likeness (QED) is 0.374. The van der Waals surface area contributed by atoms with E-state index in [2.05, 4.69) is 4.98 Å². The van der Waals surface area contributed by atoms with Gasteiger partial charge in [-0.25, -0.2) is 9.78 Å². The lowest BCUT2D eigenvalue weighted by Gasteiger charge is -2.03. The predicted molar refractivity (Wildman–Crippen MR) is 88.4 cm³/mol. The third-order valence-corrected chi connectivity index (χ3v) is 4.47. The average Bonchev–Trinajstić information content (AvgIpc) is 3.17. The fourth-order valence-electron chi connectivity index (χ4n) is 2.23. The van der Waals surface area contributed by atoms with Crippen LogP contribution in [-0.2, 0) is 29.1 Å². The number of carbonyl (C=O) groups excluding carboxylic acids is 1. The van der Waals surface area contributed by atoms with E-state index in [9.17, 15) is 19.7 Å². The van der Waals surface area contributed by atoms with Gasteiger partial charge in [0.25, 0.3) is 5.69 Å². The smallest absolute Gasteiger partial charge is 0.420 e. The average molecular weight is 363 g/mol. The molecule has 0 aliphatic rings. The van der Waals surface area contributed by atoms with E-state index in [4.69, 9.17) is 9.15 Å². The number of aryl methyl sites for hydroxylation is 1. The SMILES string of the molecule is CCc1nc(COC(=O)Cn2c(=O)oc3cc([N+](=O)[O-])ccc32)cs1. The van der Waals surface area contributed by atoms with Gasteiger partial charge in [0.1, 0.15) is 13.2 Å². The van der Waals surface area contributed by atoms with Crippen molar-refractivity contribution >= 4 is 34.1 Å². The van der Waals surface area contributed by atoms with Gasteiger partial charge in [0.2, 0.25) is 0 Å². The Bertz CT molecular complexity index is 1000. The fourth-order valence-corrected chi connectivity index (χ4v) is 2.95. The molecule has 0 radical (unpaired) electrons. The third kappa shape index (κ3) is 3.58. The molecule has 0 bridgehead atoms. The van der Waals surface area contributed by atoms with Gasteiger partial charge >= 0.3 is 11.7 Å². The van der Waals surface area contributed by atoms with Gasteiger partial charge in [-0.3, -0.25) is 19.5 Å². The summed E-state index contributed by atoms with van der Waals surface area (Å²) < 4.78 is 11.1. The second-order valence-corrected chi connectivity index (χ2v) is 6.05. The van der Waals surface area contributed by atoms with Crippen molar-refractivity contribution in [3.63, 3.8) is 0 Å². The molecule has 3 rings (SSSR count). The highest BCUT2D eigenvalue weighted by atomic mass is 32.1. The largest absolute Gasteiger partial charge is 0.458 e. The number of non-ortho nitro benzene ring substituents is 1. The first-order chi connectivity index (χ1) is 12.0. The van der Waals surface area contributed by atoms with Crippen LogP contribution in [0.2, 0.25) is 0 Å². The molecule has 0 spiro atoms. The fraction of sp³-hybridized carbons (Fsp3) is 0.267. The topological polar surface area (TPSA) is 117 Å². The zero-order valence-electron chi connectivity index (χ0n) is 13.1. The molecule has 0 amide bonds. The zero-order valence-corrected chi connectivity index (χ0v) is 13.9. The summed E-state index contributed by atoms with van der Waals surface area (Å²) in [5.74, 6) is -1.41. The highest BCUT2D eigenvalue weighted by Crippen LogP contribution is 2.20. The van der Waals surface area contributed by atoms with Gasteiger partial charge in [0, 0.05) is 11.4 Å². The number of thiazole rings is 1. The molecule has 25 heavy (non-hydrogen) atoms. The second kappa shape index (κ2) is 6.85. The molecule has 0 saturated heterocycles. The number of rotatable bonds is 6. The molecule has 0 N–H and O–H groups in total. The lowest BCUT2D eigenvalue weighted by molar-refractivity contribution is -0.384. The van der Waals surface area contributed by atoms with Crippen molar-refractivity contribution in [1.82, 2.24) is 9.55 Å². The number of aromatic nitrogens is 2. The van der Waals surface area contributed by atoms with Crippen LogP contribution in [0.4, 0.5) is 5.69 Å². The maximum Gasteiger partial charge on any atom is 0.420 e. The summed E-state index contributed by atoms with van der Waals surface area (Å²) in [6, 6.07) is 3.74. The van der Waals surface area contributed by atoms with E-state index < -0.39 is 16.6 Å². The van der Waals surface area contributed by atoms with Crippen LogP contribution in [0.5, 0.6) is 0 Å². The van der Waals surface area contributed by atoms with Crippen molar-refractivity contribution in [1.29, 1.82) is 0 Å². The zero-order chi connectivity index (χ0) is 18.0. The van der Waals surface area contributed by atoms with Gasteiger partial charge in [-0.2, -0.15) is 0 Å². The minimum Gasteiger partial charge on any atom is -0.458 e. The molecule has 0 aliphatic carbocycles. The van der Waals surface area contributed by atoms with Crippen LogP contribution in [0.3, 0.4) is 0 Å². The summed E-state index contributed by atoms with van der Waals surface area (Å²) in [6.45, 7) is 1.65. The molecular formula is C15H13N3O6S. The van der Waals surface area contributed by atoms with Crippen molar-refractivity contribution in [3.05, 3.63) is 54.9 Å². The molecule has 0 atom stereocenters. The molecular weight excluding hydrogens is 350 g/mol.